The number of aromatic nitrogens is 3. The number of thiazole rings is 1. The molecule has 0 unspecified atom stereocenters. The molecular formula is C17H18N4O2S. The molecule has 1 aliphatic rings. The Labute approximate surface area is 143 Å². The van der Waals surface area contributed by atoms with Gasteiger partial charge in [-0.3, -0.25) is 4.79 Å². The Bertz CT molecular complexity index is 910. The molecule has 1 fully saturated rings. The zero-order valence-corrected chi connectivity index (χ0v) is 14.3. The molecule has 2 aromatic heterocycles. The lowest BCUT2D eigenvalue weighted by atomic mass is 10.1. The monoisotopic (exact) mass is 342 g/mol. The van der Waals surface area contributed by atoms with Gasteiger partial charge in [-0.1, -0.05) is 41.2 Å². The Morgan fingerprint density at radius 3 is 2.71 bits per heavy atom. The SMILES string of the molecule is Cc1ccc(Cn2cnc(=O)c3sc(N4CCOCC4)nc32)cc1. The fourth-order valence-electron chi connectivity index (χ4n) is 2.77. The van der Waals surface area contributed by atoms with E-state index in [4.69, 9.17) is 9.72 Å². The van der Waals surface area contributed by atoms with Gasteiger partial charge in [-0.05, 0) is 12.5 Å². The van der Waals surface area contributed by atoms with E-state index < -0.39 is 0 Å². The maximum atomic E-state index is 12.1. The van der Waals surface area contributed by atoms with E-state index in [1.807, 2.05) is 4.57 Å². The van der Waals surface area contributed by atoms with Crippen molar-refractivity contribution < 1.29 is 4.74 Å². The van der Waals surface area contributed by atoms with Crippen molar-refractivity contribution in [2.24, 2.45) is 0 Å². The molecule has 0 radical (unpaired) electrons. The number of rotatable bonds is 3. The lowest BCUT2D eigenvalue weighted by molar-refractivity contribution is 0.122. The summed E-state index contributed by atoms with van der Waals surface area (Å²) >= 11 is 1.42. The molecule has 1 aliphatic heterocycles. The van der Waals surface area contributed by atoms with Crippen molar-refractivity contribution in [1.82, 2.24) is 14.5 Å². The molecule has 124 valence electrons. The summed E-state index contributed by atoms with van der Waals surface area (Å²) in [6.07, 6.45) is 1.59. The van der Waals surface area contributed by atoms with Crippen LogP contribution in [-0.4, -0.2) is 40.8 Å². The molecule has 0 atom stereocenters. The third-order valence-electron chi connectivity index (χ3n) is 4.13. The highest BCUT2D eigenvalue weighted by molar-refractivity contribution is 7.22. The van der Waals surface area contributed by atoms with Gasteiger partial charge in [0.2, 0.25) is 0 Å². The van der Waals surface area contributed by atoms with Gasteiger partial charge in [-0.15, -0.1) is 0 Å². The molecule has 3 aromatic rings. The summed E-state index contributed by atoms with van der Waals surface area (Å²) < 4.78 is 7.95. The third-order valence-corrected chi connectivity index (χ3v) is 5.23. The Balaban J connectivity index is 1.72. The van der Waals surface area contributed by atoms with Gasteiger partial charge in [0.05, 0.1) is 19.8 Å². The van der Waals surface area contributed by atoms with E-state index in [1.165, 1.54) is 16.9 Å². The van der Waals surface area contributed by atoms with E-state index in [1.54, 1.807) is 6.33 Å². The molecular weight excluding hydrogens is 324 g/mol. The van der Waals surface area contributed by atoms with Crippen molar-refractivity contribution in [1.29, 1.82) is 0 Å². The van der Waals surface area contributed by atoms with Crippen LogP contribution < -0.4 is 10.5 Å². The van der Waals surface area contributed by atoms with Crippen LogP contribution in [0.15, 0.2) is 35.4 Å². The largest absolute Gasteiger partial charge is 0.378 e. The first kappa shape index (κ1) is 15.3. The normalized spacial score (nSPS) is 15.1. The van der Waals surface area contributed by atoms with E-state index in [0.717, 1.165) is 23.8 Å². The summed E-state index contributed by atoms with van der Waals surface area (Å²) in [6.45, 7) is 5.72. The summed E-state index contributed by atoms with van der Waals surface area (Å²) in [5.41, 5.74) is 2.89. The number of ether oxygens (including phenoxy) is 1. The van der Waals surface area contributed by atoms with Crippen LogP contribution in [0.2, 0.25) is 0 Å². The fourth-order valence-corrected chi connectivity index (χ4v) is 3.79. The van der Waals surface area contributed by atoms with Crippen LogP contribution in [-0.2, 0) is 11.3 Å². The first-order chi connectivity index (χ1) is 11.7. The van der Waals surface area contributed by atoms with Crippen LogP contribution in [0.1, 0.15) is 11.1 Å². The zero-order chi connectivity index (χ0) is 16.5. The maximum Gasteiger partial charge on any atom is 0.292 e. The Morgan fingerprint density at radius 1 is 1.21 bits per heavy atom. The molecule has 0 bridgehead atoms. The topological polar surface area (TPSA) is 60.2 Å². The van der Waals surface area contributed by atoms with E-state index in [2.05, 4.69) is 41.1 Å². The van der Waals surface area contributed by atoms with Crippen LogP contribution >= 0.6 is 11.3 Å². The van der Waals surface area contributed by atoms with Crippen molar-refractivity contribution in [3.05, 3.63) is 52.1 Å². The Kier molecular flexibility index (Phi) is 4.03. The van der Waals surface area contributed by atoms with Gasteiger partial charge in [0.1, 0.15) is 11.0 Å². The highest BCUT2D eigenvalue weighted by Gasteiger charge is 2.18. The smallest absolute Gasteiger partial charge is 0.292 e. The van der Waals surface area contributed by atoms with Crippen molar-refractivity contribution in [3.63, 3.8) is 0 Å². The summed E-state index contributed by atoms with van der Waals surface area (Å²) in [4.78, 5) is 23.0. The van der Waals surface area contributed by atoms with E-state index in [0.29, 0.717) is 30.1 Å². The lowest BCUT2D eigenvalue weighted by Gasteiger charge is -2.25. The minimum Gasteiger partial charge on any atom is -0.378 e. The molecule has 7 heteroatoms. The lowest BCUT2D eigenvalue weighted by Crippen LogP contribution is -2.36. The average molecular weight is 342 g/mol. The Hall–Kier alpha value is -2.25. The predicted octanol–water partition coefficient (Wildman–Crippen LogP) is 2.05. The van der Waals surface area contributed by atoms with E-state index in [-0.39, 0.29) is 5.56 Å². The first-order valence-corrected chi connectivity index (χ1v) is 8.76. The number of benzene rings is 1. The molecule has 0 spiro atoms. The van der Waals surface area contributed by atoms with Crippen molar-refractivity contribution in [2.45, 2.75) is 13.5 Å². The first-order valence-electron chi connectivity index (χ1n) is 7.95. The summed E-state index contributed by atoms with van der Waals surface area (Å²) in [5, 5.41) is 0.871. The second-order valence-corrected chi connectivity index (χ2v) is 6.89. The van der Waals surface area contributed by atoms with Gasteiger partial charge in [0, 0.05) is 13.1 Å². The molecule has 6 nitrogen and oxygen atoms in total. The molecule has 3 heterocycles. The Morgan fingerprint density at radius 2 is 1.96 bits per heavy atom. The standard InChI is InChI=1S/C17H18N4O2S/c1-12-2-4-13(5-3-12)10-21-11-18-16(22)14-15(21)19-17(24-14)20-6-8-23-9-7-20/h2-5,11H,6-10H2,1H3. The predicted molar refractivity (Wildman–Crippen MR) is 95.0 cm³/mol. The number of hydrogen-bond acceptors (Lipinski definition) is 6. The van der Waals surface area contributed by atoms with Crippen molar-refractivity contribution >= 4 is 26.8 Å². The number of nitrogens with zero attached hydrogens (tertiary/aromatic N) is 4. The minimum atomic E-state index is -0.206. The molecule has 0 N–H and O–H groups in total. The summed E-state index contributed by atoms with van der Waals surface area (Å²) in [6, 6.07) is 8.36. The molecule has 1 aromatic carbocycles. The number of morpholine rings is 1. The van der Waals surface area contributed by atoms with Crippen LogP contribution in [0.4, 0.5) is 5.13 Å². The quantitative estimate of drug-likeness (QED) is 0.729. The van der Waals surface area contributed by atoms with E-state index in [9.17, 15) is 4.79 Å². The molecule has 4 rings (SSSR count). The second-order valence-electron chi connectivity index (χ2n) is 5.91. The second kappa shape index (κ2) is 6.33. The van der Waals surface area contributed by atoms with Crippen LogP contribution in [0.25, 0.3) is 10.3 Å². The van der Waals surface area contributed by atoms with Gasteiger partial charge < -0.3 is 14.2 Å². The van der Waals surface area contributed by atoms with Crippen LogP contribution in [0.5, 0.6) is 0 Å². The summed E-state index contributed by atoms with van der Waals surface area (Å²) in [5.74, 6) is 0. The number of anilines is 1. The third kappa shape index (κ3) is 2.92. The zero-order valence-electron chi connectivity index (χ0n) is 13.4. The van der Waals surface area contributed by atoms with Gasteiger partial charge in [0.15, 0.2) is 10.8 Å². The molecule has 0 amide bonds. The van der Waals surface area contributed by atoms with Crippen molar-refractivity contribution in [2.75, 3.05) is 31.2 Å². The maximum absolute atomic E-state index is 12.1. The van der Waals surface area contributed by atoms with Gasteiger partial charge in [-0.2, -0.15) is 4.98 Å². The van der Waals surface area contributed by atoms with E-state index >= 15 is 0 Å². The van der Waals surface area contributed by atoms with Gasteiger partial charge in [-0.25, -0.2) is 4.98 Å². The molecule has 0 saturated carbocycles. The number of aryl methyl sites for hydroxylation is 1. The highest BCUT2D eigenvalue weighted by Crippen LogP contribution is 2.27. The molecule has 24 heavy (non-hydrogen) atoms. The molecule has 0 aliphatic carbocycles. The van der Waals surface area contributed by atoms with Gasteiger partial charge in [0.25, 0.3) is 5.56 Å². The summed E-state index contributed by atoms with van der Waals surface area (Å²) in [7, 11) is 0. The number of hydrogen-bond donors (Lipinski definition) is 0. The minimum absolute atomic E-state index is 0.206. The van der Waals surface area contributed by atoms with Crippen molar-refractivity contribution in [3.8, 4) is 0 Å². The average Bonchev–Trinajstić information content (AvgIpc) is 3.07. The highest BCUT2D eigenvalue weighted by atomic mass is 32.1. The fraction of sp³-hybridized carbons (Fsp3) is 0.353. The molecule has 1 saturated heterocycles. The van der Waals surface area contributed by atoms with Gasteiger partial charge >= 0.3 is 0 Å². The number of fused-ring (bicyclic) bond motifs is 1. The van der Waals surface area contributed by atoms with Crippen LogP contribution in [0, 0.1) is 6.92 Å². The van der Waals surface area contributed by atoms with Crippen LogP contribution in [0.3, 0.4) is 0 Å².